The van der Waals surface area contributed by atoms with E-state index < -0.39 is 20.0 Å². The Balaban J connectivity index is 4.35. The molecule has 416 valence electrons. The number of hydrogen-bond donors (Lipinski definition) is 3. The largest absolute Gasteiger partial charge is 0.472 e. The van der Waals surface area contributed by atoms with Crippen molar-refractivity contribution in [2.24, 2.45) is 0 Å². The Hall–Kier alpha value is -3.36. The van der Waals surface area contributed by atoms with E-state index in [1.165, 1.54) is 89.9 Å². The molecule has 0 bridgehead atoms. The minimum atomic E-state index is -4.37. The van der Waals surface area contributed by atoms with Crippen LogP contribution in [0.15, 0.2) is 134 Å². The first kappa shape index (κ1) is 69.6. The first-order valence-corrected chi connectivity index (χ1v) is 30.6. The van der Waals surface area contributed by atoms with Crippen molar-refractivity contribution in [3.05, 3.63) is 134 Å². The molecule has 0 spiro atoms. The zero-order chi connectivity index (χ0) is 53.5. The molecule has 8 nitrogen and oxygen atoms in total. The van der Waals surface area contributed by atoms with Crippen molar-refractivity contribution in [1.82, 2.24) is 5.32 Å². The van der Waals surface area contributed by atoms with Gasteiger partial charge in [-0.1, -0.05) is 244 Å². The number of unbranched alkanes of at least 4 members (excludes halogenated alkanes) is 18. The van der Waals surface area contributed by atoms with Crippen molar-refractivity contribution in [3.63, 3.8) is 0 Å². The first-order chi connectivity index (χ1) is 35.5. The summed E-state index contributed by atoms with van der Waals surface area (Å²) in [5.41, 5.74) is 0. The minimum absolute atomic E-state index is 0.0455. The number of nitrogens with zero attached hydrogens (tertiary/aromatic N) is 1. The van der Waals surface area contributed by atoms with E-state index in [1.54, 1.807) is 6.08 Å². The quantitative estimate of drug-likeness (QED) is 0.0243. The maximum absolute atomic E-state index is 13.0. The van der Waals surface area contributed by atoms with Crippen LogP contribution in [-0.2, 0) is 18.4 Å². The predicted molar refractivity (Wildman–Crippen MR) is 318 cm³/mol. The molecular weight excluding hydrogens is 924 g/mol. The topological polar surface area (TPSA) is 105 Å². The molecule has 0 saturated heterocycles. The Bertz CT molecular complexity index is 1640. The molecule has 0 heterocycles. The highest BCUT2D eigenvalue weighted by atomic mass is 31.2. The SMILES string of the molecule is CC/C=C\C/C=C\C/C=C\C/C=C\C/C=C\C/C=C\C/C=C\C/C=C\C/C=C\C/C=C\CCCCC(=O)NC(COP(=O)(O)OCC[N+](C)(C)C)C(O)/C=C/CCCCCCCCCCCCCCCCCC. The van der Waals surface area contributed by atoms with Crippen LogP contribution in [0.1, 0.15) is 213 Å². The molecule has 0 rings (SSSR count). The smallest absolute Gasteiger partial charge is 0.387 e. The summed E-state index contributed by atoms with van der Waals surface area (Å²) in [5.74, 6) is -0.224. The summed E-state index contributed by atoms with van der Waals surface area (Å²) in [5, 5.41) is 13.9. The highest BCUT2D eigenvalue weighted by Crippen LogP contribution is 2.43. The van der Waals surface area contributed by atoms with Crippen LogP contribution in [0.2, 0.25) is 0 Å². The van der Waals surface area contributed by atoms with Crippen LogP contribution in [0.5, 0.6) is 0 Å². The van der Waals surface area contributed by atoms with Crippen molar-refractivity contribution in [2.75, 3.05) is 40.9 Å². The van der Waals surface area contributed by atoms with Gasteiger partial charge >= 0.3 is 7.82 Å². The standard InChI is InChI=1S/C64H109N2O6P/c1-6-8-10-12-14-16-18-20-22-24-26-27-28-29-30-31-32-33-34-35-36-37-38-39-40-42-44-46-48-50-52-54-56-58-64(68)65-62(61-72-73(69,70)71-60-59-66(3,4)5)63(67)57-55-53-51-49-47-45-43-41-25-23-21-19-17-15-13-11-9-7-2/h8,10,14,16,20,22,26-27,29-30,32-33,35-36,38-39,42,44,48,50,55,57,62-63,67H,6-7,9,11-13,15,17-19,21,23-25,28,31,34,37,40-41,43,45-47,49,51-54,56,58-61H2,1-5H3,(H-,65,68,69,70)/p+1/b10-8-,16-14-,22-20-,27-26-,30-29-,33-32-,36-35-,39-38-,44-42-,50-48-,57-55+. The molecule has 0 aliphatic carbocycles. The molecular formula is C64H110N2O6P+. The van der Waals surface area contributed by atoms with Gasteiger partial charge in [-0.3, -0.25) is 13.8 Å². The average Bonchev–Trinajstić information content (AvgIpc) is 3.35. The van der Waals surface area contributed by atoms with E-state index in [0.717, 1.165) is 96.3 Å². The molecule has 0 aromatic rings. The molecule has 0 fully saturated rings. The van der Waals surface area contributed by atoms with Gasteiger partial charge < -0.3 is 19.8 Å². The van der Waals surface area contributed by atoms with Crippen molar-refractivity contribution in [2.45, 2.75) is 225 Å². The van der Waals surface area contributed by atoms with Gasteiger partial charge in [-0.2, -0.15) is 0 Å². The summed E-state index contributed by atoms with van der Waals surface area (Å²) in [6.45, 7) is 4.66. The highest BCUT2D eigenvalue weighted by molar-refractivity contribution is 7.47. The molecule has 0 saturated carbocycles. The van der Waals surface area contributed by atoms with Gasteiger partial charge in [0, 0.05) is 6.42 Å². The number of phosphoric ester groups is 1. The van der Waals surface area contributed by atoms with Crippen LogP contribution in [0.4, 0.5) is 0 Å². The Morgan fingerprint density at radius 1 is 0.479 bits per heavy atom. The second-order valence-corrected chi connectivity index (χ2v) is 21.7. The van der Waals surface area contributed by atoms with Gasteiger partial charge in [0.15, 0.2) is 0 Å². The minimum Gasteiger partial charge on any atom is -0.387 e. The molecule has 0 aliphatic rings. The fraction of sp³-hybridized carbons (Fsp3) is 0.641. The molecule has 1 amide bonds. The number of hydrogen-bond acceptors (Lipinski definition) is 5. The van der Waals surface area contributed by atoms with Crippen LogP contribution in [0.3, 0.4) is 0 Å². The first-order valence-electron chi connectivity index (χ1n) is 29.1. The summed E-state index contributed by atoms with van der Waals surface area (Å²) in [4.78, 5) is 23.3. The molecule has 0 aromatic carbocycles. The number of nitrogens with one attached hydrogen (secondary N) is 1. The fourth-order valence-electron chi connectivity index (χ4n) is 7.60. The van der Waals surface area contributed by atoms with E-state index in [9.17, 15) is 19.4 Å². The lowest BCUT2D eigenvalue weighted by Crippen LogP contribution is -2.45. The van der Waals surface area contributed by atoms with Gasteiger partial charge in [0.2, 0.25) is 5.91 Å². The van der Waals surface area contributed by atoms with Crippen LogP contribution < -0.4 is 5.32 Å². The van der Waals surface area contributed by atoms with E-state index in [0.29, 0.717) is 23.9 Å². The average molecular weight is 1030 g/mol. The van der Waals surface area contributed by atoms with E-state index in [4.69, 9.17) is 9.05 Å². The van der Waals surface area contributed by atoms with Gasteiger partial charge in [-0.05, 0) is 96.3 Å². The Kier molecular flexibility index (Phi) is 51.0. The normalized spacial score (nSPS) is 14.9. The van der Waals surface area contributed by atoms with Crippen LogP contribution in [0.25, 0.3) is 0 Å². The fourth-order valence-corrected chi connectivity index (χ4v) is 8.33. The maximum Gasteiger partial charge on any atom is 0.472 e. The van der Waals surface area contributed by atoms with Crippen molar-refractivity contribution < 1.29 is 32.9 Å². The monoisotopic (exact) mass is 1030 g/mol. The zero-order valence-corrected chi connectivity index (χ0v) is 48.2. The lowest BCUT2D eigenvalue weighted by molar-refractivity contribution is -0.870. The molecule has 3 N–H and O–H groups in total. The number of aliphatic hydroxyl groups excluding tert-OH is 1. The Morgan fingerprint density at radius 3 is 1.21 bits per heavy atom. The maximum atomic E-state index is 13.0. The van der Waals surface area contributed by atoms with Crippen LogP contribution >= 0.6 is 7.82 Å². The molecule has 73 heavy (non-hydrogen) atoms. The zero-order valence-electron chi connectivity index (χ0n) is 47.3. The number of rotatable bonds is 51. The molecule has 0 aromatic heterocycles. The third kappa shape index (κ3) is 56.2. The van der Waals surface area contributed by atoms with Crippen molar-refractivity contribution >= 4 is 13.7 Å². The molecule has 3 atom stereocenters. The highest BCUT2D eigenvalue weighted by Gasteiger charge is 2.27. The summed E-state index contributed by atoms with van der Waals surface area (Å²) in [6.07, 6.45) is 81.2. The molecule has 0 aliphatic heterocycles. The van der Waals surface area contributed by atoms with Crippen LogP contribution in [-0.4, -0.2) is 73.4 Å². The number of phosphoric acid groups is 1. The summed E-state index contributed by atoms with van der Waals surface area (Å²) >= 11 is 0. The number of carbonyl (C=O) groups excluding carboxylic acids is 1. The summed E-state index contributed by atoms with van der Waals surface area (Å²) in [6, 6.07) is -0.881. The van der Waals surface area contributed by atoms with E-state index in [1.807, 2.05) is 27.2 Å². The molecule has 9 heteroatoms. The van der Waals surface area contributed by atoms with E-state index in [-0.39, 0.29) is 19.1 Å². The van der Waals surface area contributed by atoms with Gasteiger partial charge in [0.25, 0.3) is 0 Å². The van der Waals surface area contributed by atoms with Gasteiger partial charge in [0.05, 0.1) is 39.9 Å². The summed E-state index contributed by atoms with van der Waals surface area (Å²) < 4.78 is 23.7. The Labute approximate surface area is 449 Å². The van der Waals surface area contributed by atoms with Gasteiger partial charge in [-0.15, -0.1) is 0 Å². The third-order valence-electron chi connectivity index (χ3n) is 12.1. The molecule has 3 unspecified atom stereocenters. The van der Waals surface area contributed by atoms with Gasteiger partial charge in [-0.25, -0.2) is 4.57 Å². The van der Waals surface area contributed by atoms with E-state index in [2.05, 4.69) is 141 Å². The lowest BCUT2D eigenvalue weighted by atomic mass is 10.0. The number of carbonyl (C=O) groups is 1. The predicted octanol–water partition coefficient (Wildman–Crippen LogP) is 17.9. The number of likely N-dealkylation sites (N-methyl/N-ethyl adjacent to an activating group) is 1. The van der Waals surface area contributed by atoms with E-state index >= 15 is 0 Å². The second-order valence-electron chi connectivity index (χ2n) is 20.3. The number of quaternary nitrogens is 1. The number of amides is 1. The number of allylic oxidation sites excluding steroid dienone is 21. The van der Waals surface area contributed by atoms with Crippen molar-refractivity contribution in [3.8, 4) is 0 Å². The second kappa shape index (κ2) is 53.5. The summed E-state index contributed by atoms with van der Waals surface area (Å²) in [7, 11) is 1.52. The van der Waals surface area contributed by atoms with Gasteiger partial charge in [0.1, 0.15) is 13.2 Å². The lowest BCUT2D eigenvalue weighted by Gasteiger charge is -2.25. The third-order valence-corrected chi connectivity index (χ3v) is 13.1. The molecule has 0 radical (unpaired) electrons. The Morgan fingerprint density at radius 2 is 0.822 bits per heavy atom. The van der Waals surface area contributed by atoms with Crippen LogP contribution in [0, 0.1) is 0 Å². The van der Waals surface area contributed by atoms with Crippen molar-refractivity contribution in [1.29, 1.82) is 0 Å². The number of aliphatic hydroxyl groups is 1.